The number of carboxylic acid groups (broad SMARTS) is 1. The first-order valence-corrected chi connectivity index (χ1v) is 6.86. The highest BCUT2D eigenvalue weighted by Crippen LogP contribution is 2.13. The van der Waals surface area contributed by atoms with Crippen molar-refractivity contribution in [2.75, 3.05) is 6.61 Å². The molecule has 110 valence electrons. The van der Waals surface area contributed by atoms with Gasteiger partial charge < -0.3 is 10.2 Å². The topological polar surface area (TPSA) is 60.8 Å². The van der Waals surface area contributed by atoms with Crippen LogP contribution in [0.4, 0.5) is 0 Å². The Hall–Kier alpha value is -2.17. The number of carboxylic acids is 1. The van der Waals surface area contributed by atoms with E-state index in [0.29, 0.717) is 13.1 Å². The van der Waals surface area contributed by atoms with Crippen molar-refractivity contribution in [3.63, 3.8) is 0 Å². The summed E-state index contributed by atoms with van der Waals surface area (Å²) in [5.74, 6) is -1.01. The Balaban J connectivity index is 2.19. The van der Waals surface area contributed by atoms with E-state index in [1.807, 2.05) is 60.7 Å². The molecule has 0 aromatic heterocycles. The fraction of sp³-hybridized carbons (Fsp3) is 0.235. The highest BCUT2D eigenvalue weighted by atomic mass is 16.4. The molecule has 1 atom stereocenters. The monoisotopic (exact) mass is 285 g/mol. The highest BCUT2D eigenvalue weighted by Gasteiger charge is 2.25. The minimum absolute atomic E-state index is 0.408. The van der Waals surface area contributed by atoms with E-state index in [0.717, 1.165) is 11.1 Å². The van der Waals surface area contributed by atoms with Crippen molar-refractivity contribution < 1.29 is 15.0 Å². The van der Waals surface area contributed by atoms with Gasteiger partial charge in [-0.3, -0.25) is 9.69 Å². The summed E-state index contributed by atoms with van der Waals surface area (Å²) < 4.78 is 0. The van der Waals surface area contributed by atoms with Crippen LogP contribution in [-0.4, -0.2) is 33.7 Å². The zero-order chi connectivity index (χ0) is 15.1. The number of rotatable bonds is 7. The fourth-order valence-corrected chi connectivity index (χ4v) is 2.26. The van der Waals surface area contributed by atoms with Crippen molar-refractivity contribution in [1.29, 1.82) is 0 Å². The van der Waals surface area contributed by atoms with E-state index in [-0.39, 0.29) is 0 Å². The Kier molecular flexibility index (Phi) is 5.49. The lowest BCUT2D eigenvalue weighted by molar-refractivity contribution is -0.145. The largest absolute Gasteiger partial charge is 0.480 e. The molecule has 0 aliphatic rings. The maximum absolute atomic E-state index is 11.4. The summed E-state index contributed by atoms with van der Waals surface area (Å²) in [7, 11) is 0. The Labute approximate surface area is 124 Å². The summed E-state index contributed by atoms with van der Waals surface area (Å²) in [4.78, 5) is 13.1. The third kappa shape index (κ3) is 4.41. The van der Waals surface area contributed by atoms with Gasteiger partial charge in [0.05, 0.1) is 6.61 Å². The van der Waals surface area contributed by atoms with Crippen LogP contribution in [0.15, 0.2) is 60.7 Å². The van der Waals surface area contributed by atoms with Crippen LogP contribution >= 0.6 is 0 Å². The van der Waals surface area contributed by atoms with E-state index in [1.54, 1.807) is 4.90 Å². The molecule has 0 saturated carbocycles. The summed E-state index contributed by atoms with van der Waals surface area (Å²) in [6, 6.07) is 18.4. The van der Waals surface area contributed by atoms with E-state index < -0.39 is 18.6 Å². The molecular weight excluding hydrogens is 266 g/mol. The van der Waals surface area contributed by atoms with E-state index >= 15 is 0 Å². The number of hydrogen-bond acceptors (Lipinski definition) is 3. The average Bonchev–Trinajstić information content (AvgIpc) is 2.49. The van der Waals surface area contributed by atoms with Crippen molar-refractivity contribution in [1.82, 2.24) is 4.90 Å². The van der Waals surface area contributed by atoms with Gasteiger partial charge in [0.25, 0.3) is 0 Å². The van der Waals surface area contributed by atoms with Crippen LogP contribution in [0.5, 0.6) is 0 Å². The van der Waals surface area contributed by atoms with E-state index in [2.05, 4.69) is 0 Å². The number of carbonyl (C=O) groups is 1. The number of aliphatic carboxylic acids is 1. The molecule has 0 amide bonds. The Morgan fingerprint density at radius 2 is 1.33 bits per heavy atom. The number of nitrogens with zero attached hydrogens (tertiary/aromatic N) is 1. The molecule has 2 aromatic carbocycles. The standard InChI is InChI=1S/C17H19NO3/c19-13-16(17(20)21)18(11-14-7-3-1-4-8-14)12-15-9-5-2-6-10-15/h1-10,16,19H,11-13H2,(H,20,21)/t16-/m0/s1. The van der Waals surface area contributed by atoms with Gasteiger partial charge in [-0.25, -0.2) is 0 Å². The van der Waals surface area contributed by atoms with Gasteiger partial charge >= 0.3 is 5.97 Å². The smallest absolute Gasteiger partial charge is 0.323 e. The summed E-state index contributed by atoms with van der Waals surface area (Å²) >= 11 is 0. The molecule has 0 unspecified atom stereocenters. The van der Waals surface area contributed by atoms with Crippen LogP contribution in [0.3, 0.4) is 0 Å². The summed E-state index contributed by atoms with van der Waals surface area (Å²) in [6.07, 6.45) is 0. The molecule has 0 saturated heterocycles. The van der Waals surface area contributed by atoms with Crippen LogP contribution in [0.25, 0.3) is 0 Å². The van der Waals surface area contributed by atoms with Gasteiger partial charge in [0.2, 0.25) is 0 Å². The predicted octanol–water partition coefficient (Wildman–Crippen LogP) is 2.13. The van der Waals surface area contributed by atoms with E-state index in [1.165, 1.54) is 0 Å². The van der Waals surface area contributed by atoms with Crippen LogP contribution in [0, 0.1) is 0 Å². The SMILES string of the molecule is O=C(O)[C@H](CO)N(Cc1ccccc1)Cc1ccccc1. The first-order valence-electron chi connectivity index (χ1n) is 6.86. The van der Waals surface area contributed by atoms with Gasteiger partial charge in [0.1, 0.15) is 6.04 Å². The second kappa shape index (κ2) is 7.57. The van der Waals surface area contributed by atoms with Crippen molar-refractivity contribution in [3.8, 4) is 0 Å². The summed E-state index contributed by atoms with van der Waals surface area (Å²) in [5.41, 5.74) is 2.04. The van der Waals surface area contributed by atoms with Crippen LogP contribution in [0.1, 0.15) is 11.1 Å². The third-order valence-corrected chi connectivity index (χ3v) is 3.36. The zero-order valence-corrected chi connectivity index (χ0v) is 11.7. The predicted molar refractivity (Wildman–Crippen MR) is 80.6 cm³/mol. The number of aliphatic hydroxyl groups is 1. The first kappa shape index (κ1) is 15.2. The second-order valence-corrected chi connectivity index (χ2v) is 4.91. The average molecular weight is 285 g/mol. The number of aliphatic hydroxyl groups excluding tert-OH is 1. The Morgan fingerprint density at radius 1 is 0.905 bits per heavy atom. The lowest BCUT2D eigenvalue weighted by Crippen LogP contribution is -2.42. The molecule has 0 radical (unpaired) electrons. The fourth-order valence-electron chi connectivity index (χ4n) is 2.26. The second-order valence-electron chi connectivity index (χ2n) is 4.91. The van der Waals surface area contributed by atoms with Crippen molar-refractivity contribution in [3.05, 3.63) is 71.8 Å². The molecule has 21 heavy (non-hydrogen) atoms. The molecule has 2 rings (SSSR count). The van der Waals surface area contributed by atoms with E-state index in [4.69, 9.17) is 0 Å². The molecular formula is C17H19NO3. The molecule has 0 spiro atoms. The van der Waals surface area contributed by atoms with Crippen LogP contribution < -0.4 is 0 Å². The summed E-state index contributed by atoms with van der Waals surface area (Å²) in [5, 5.41) is 18.7. The molecule has 0 heterocycles. The highest BCUT2D eigenvalue weighted by molar-refractivity contribution is 5.73. The molecule has 2 N–H and O–H groups in total. The Bertz CT molecular complexity index is 515. The summed E-state index contributed by atoms with van der Waals surface area (Å²) in [6.45, 7) is 0.551. The number of hydrogen-bond donors (Lipinski definition) is 2. The van der Waals surface area contributed by atoms with Crippen molar-refractivity contribution in [2.45, 2.75) is 19.1 Å². The molecule has 2 aromatic rings. The third-order valence-electron chi connectivity index (χ3n) is 3.36. The van der Waals surface area contributed by atoms with E-state index in [9.17, 15) is 15.0 Å². The minimum Gasteiger partial charge on any atom is -0.480 e. The lowest BCUT2D eigenvalue weighted by atomic mass is 10.1. The van der Waals surface area contributed by atoms with Gasteiger partial charge in [-0.05, 0) is 11.1 Å². The van der Waals surface area contributed by atoms with Crippen LogP contribution in [-0.2, 0) is 17.9 Å². The Morgan fingerprint density at radius 3 is 1.67 bits per heavy atom. The molecule has 0 aliphatic carbocycles. The van der Waals surface area contributed by atoms with Gasteiger partial charge in [-0.2, -0.15) is 0 Å². The minimum atomic E-state index is -1.01. The van der Waals surface area contributed by atoms with Gasteiger partial charge in [-0.15, -0.1) is 0 Å². The zero-order valence-electron chi connectivity index (χ0n) is 11.7. The molecule has 4 nitrogen and oxygen atoms in total. The number of benzene rings is 2. The van der Waals surface area contributed by atoms with Gasteiger partial charge in [0, 0.05) is 13.1 Å². The maximum atomic E-state index is 11.4. The molecule has 4 heteroatoms. The van der Waals surface area contributed by atoms with Gasteiger partial charge in [-0.1, -0.05) is 60.7 Å². The maximum Gasteiger partial charge on any atom is 0.323 e. The normalized spacial score (nSPS) is 12.3. The van der Waals surface area contributed by atoms with Gasteiger partial charge in [0.15, 0.2) is 0 Å². The molecule has 0 aliphatic heterocycles. The molecule has 0 fully saturated rings. The molecule has 0 bridgehead atoms. The van der Waals surface area contributed by atoms with Crippen molar-refractivity contribution in [2.24, 2.45) is 0 Å². The van der Waals surface area contributed by atoms with Crippen molar-refractivity contribution >= 4 is 5.97 Å². The lowest BCUT2D eigenvalue weighted by Gasteiger charge is -2.27. The first-order chi connectivity index (χ1) is 10.2. The van der Waals surface area contributed by atoms with Crippen LogP contribution in [0.2, 0.25) is 0 Å². The quantitative estimate of drug-likeness (QED) is 0.818.